The summed E-state index contributed by atoms with van der Waals surface area (Å²) in [6, 6.07) is 1.81. The number of hydrogen-bond donors (Lipinski definition) is 1. The second kappa shape index (κ2) is 2.85. The summed E-state index contributed by atoms with van der Waals surface area (Å²) in [6.45, 7) is 2.24. The van der Waals surface area contributed by atoms with Crippen molar-refractivity contribution < 1.29 is 4.52 Å². The Labute approximate surface area is 73.5 Å². The number of hydrogen-bond acceptors (Lipinski definition) is 6. The van der Waals surface area contributed by atoms with Crippen LogP contribution < -0.4 is 5.73 Å². The summed E-state index contributed by atoms with van der Waals surface area (Å²) in [6.07, 6.45) is 0. The zero-order valence-corrected chi connectivity index (χ0v) is 7.01. The predicted molar refractivity (Wildman–Crippen MR) is 42.6 cm³/mol. The molecule has 0 aliphatic rings. The fourth-order valence-corrected chi connectivity index (χ4v) is 0.953. The van der Waals surface area contributed by atoms with Crippen LogP contribution in [0.1, 0.15) is 11.5 Å². The summed E-state index contributed by atoms with van der Waals surface area (Å²) in [5.41, 5.74) is 6.11. The lowest BCUT2D eigenvalue weighted by molar-refractivity contribution is 0.359. The van der Waals surface area contributed by atoms with Crippen LogP contribution in [0.2, 0.25) is 0 Å². The molecule has 2 aromatic rings. The fraction of sp³-hybridized carbons (Fsp3) is 0.333. The molecule has 0 unspecified atom stereocenters. The monoisotopic (exact) mass is 180 g/mol. The molecule has 0 aliphatic heterocycles. The van der Waals surface area contributed by atoms with Gasteiger partial charge in [-0.2, -0.15) is 4.80 Å². The van der Waals surface area contributed by atoms with Crippen molar-refractivity contribution in [3.63, 3.8) is 0 Å². The van der Waals surface area contributed by atoms with Gasteiger partial charge in [0.1, 0.15) is 6.54 Å². The molecule has 0 amide bonds. The molecule has 0 atom stereocenters. The number of rotatable bonds is 2. The van der Waals surface area contributed by atoms with Gasteiger partial charge in [-0.1, -0.05) is 10.3 Å². The van der Waals surface area contributed by atoms with Crippen LogP contribution in [0.4, 0.5) is 5.95 Å². The van der Waals surface area contributed by atoms with Gasteiger partial charge in [-0.05, 0) is 12.1 Å². The maximum absolute atomic E-state index is 5.29. The number of nitrogen functional groups attached to an aromatic ring is 1. The quantitative estimate of drug-likeness (QED) is 0.675. The molecule has 0 aliphatic carbocycles. The molecule has 2 N–H and O–H groups in total. The van der Waals surface area contributed by atoms with Crippen molar-refractivity contribution in [3.05, 3.63) is 17.5 Å². The molecule has 7 nitrogen and oxygen atoms in total. The Hall–Kier alpha value is -1.92. The van der Waals surface area contributed by atoms with Crippen LogP contribution in [0.5, 0.6) is 0 Å². The largest absolute Gasteiger partial charge is 0.365 e. The zero-order valence-electron chi connectivity index (χ0n) is 7.01. The molecule has 0 fully saturated rings. The average molecular weight is 180 g/mol. The van der Waals surface area contributed by atoms with Crippen molar-refractivity contribution in [1.29, 1.82) is 0 Å². The van der Waals surface area contributed by atoms with Gasteiger partial charge in [0.15, 0.2) is 5.76 Å². The lowest BCUT2D eigenvalue weighted by atomic mass is 10.4. The van der Waals surface area contributed by atoms with Gasteiger partial charge in [-0.25, -0.2) is 0 Å². The van der Waals surface area contributed by atoms with Crippen molar-refractivity contribution in [2.24, 2.45) is 0 Å². The van der Waals surface area contributed by atoms with Gasteiger partial charge in [-0.3, -0.25) is 0 Å². The number of nitrogens with two attached hydrogens (primary N) is 1. The summed E-state index contributed by atoms with van der Waals surface area (Å²) >= 11 is 0. The highest BCUT2D eigenvalue weighted by Gasteiger charge is 2.04. The van der Waals surface area contributed by atoms with Crippen LogP contribution in [-0.2, 0) is 6.54 Å². The van der Waals surface area contributed by atoms with Gasteiger partial charge in [0, 0.05) is 6.07 Å². The molecule has 2 rings (SSSR count). The van der Waals surface area contributed by atoms with Crippen LogP contribution >= 0.6 is 0 Å². The average Bonchev–Trinajstić information content (AvgIpc) is 2.62. The molecule has 2 heterocycles. The first-order valence-corrected chi connectivity index (χ1v) is 3.69. The Balaban J connectivity index is 2.14. The van der Waals surface area contributed by atoms with Crippen molar-refractivity contribution in [1.82, 2.24) is 25.4 Å². The second-order valence-electron chi connectivity index (χ2n) is 2.61. The number of nitrogens with zero attached hydrogens (tertiary/aromatic N) is 5. The highest BCUT2D eigenvalue weighted by molar-refractivity contribution is 5.07. The molecule has 0 saturated heterocycles. The van der Waals surface area contributed by atoms with Gasteiger partial charge in [0.2, 0.25) is 0 Å². The Morgan fingerprint density at radius 1 is 1.62 bits per heavy atom. The highest BCUT2D eigenvalue weighted by Crippen LogP contribution is 2.02. The number of aryl methyl sites for hydroxylation is 1. The maximum atomic E-state index is 5.29. The van der Waals surface area contributed by atoms with Gasteiger partial charge in [0.05, 0.1) is 5.69 Å². The topological polar surface area (TPSA) is 95.7 Å². The number of anilines is 1. The van der Waals surface area contributed by atoms with Crippen molar-refractivity contribution in [2.75, 3.05) is 5.73 Å². The van der Waals surface area contributed by atoms with Crippen LogP contribution in [0.15, 0.2) is 10.6 Å². The standard InChI is InChI=1S/C6H8N6O/c1-4-2-5(13-10-4)3-12-9-6(7)8-11-12/h2H,3H2,1H3,(H2,7,9). The Bertz CT molecular complexity index is 366. The summed E-state index contributed by atoms with van der Waals surface area (Å²) in [5, 5.41) is 14.7. The highest BCUT2D eigenvalue weighted by atomic mass is 16.5. The third-order valence-electron chi connectivity index (χ3n) is 1.44. The van der Waals surface area contributed by atoms with Crippen molar-refractivity contribution in [2.45, 2.75) is 13.5 Å². The molecule has 0 saturated carbocycles. The SMILES string of the molecule is Cc1cc(Cn2nnc(N)n2)on1. The van der Waals surface area contributed by atoms with Crippen molar-refractivity contribution >= 4 is 5.95 Å². The van der Waals surface area contributed by atoms with Gasteiger partial charge < -0.3 is 10.3 Å². The summed E-state index contributed by atoms with van der Waals surface area (Å²) < 4.78 is 4.96. The van der Waals surface area contributed by atoms with E-state index < -0.39 is 0 Å². The van der Waals surface area contributed by atoms with E-state index in [1.54, 1.807) is 6.07 Å². The smallest absolute Gasteiger partial charge is 0.260 e. The molecule has 0 aromatic carbocycles. The van der Waals surface area contributed by atoms with Crippen LogP contribution in [-0.4, -0.2) is 25.4 Å². The predicted octanol–water partition coefficient (Wildman–Crippen LogP) is -0.400. The fourth-order valence-electron chi connectivity index (χ4n) is 0.953. The summed E-state index contributed by atoms with van der Waals surface area (Å²) in [7, 11) is 0. The minimum absolute atomic E-state index is 0.149. The van der Waals surface area contributed by atoms with Gasteiger partial charge >= 0.3 is 0 Å². The summed E-state index contributed by atoms with van der Waals surface area (Å²) in [5.74, 6) is 0.825. The summed E-state index contributed by atoms with van der Waals surface area (Å²) in [4.78, 5) is 1.34. The van der Waals surface area contributed by atoms with E-state index in [9.17, 15) is 0 Å². The molecular weight excluding hydrogens is 172 g/mol. The third-order valence-corrected chi connectivity index (χ3v) is 1.44. The molecule has 13 heavy (non-hydrogen) atoms. The lowest BCUT2D eigenvalue weighted by Gasteiger charge is -1.90. The lowest BCUT2D eigenvalue weighted by Crippen LogP contribution is -2.03. The van der Waals surface area contributed by atoms with E-state index in [1.807, 2.05) is 6.92 Å². The molecule has 68 valence electrons. The van der Waals surface area contributed by atoms with E-state index in [0.29, 0.717) is 12.3 Å². The van der Waals surface area contributed by atoms with E-state index in [2.05, 4.69) is 20.6 Å². The second-order valence-corrected chi connectivity index (χ2v) is 2.61. The van der Waals surface area contributed by atoms with Gasteiger partial charge in [-0.15, -0.1) is 5.10 Å². The van der Waals surface area contributed by atoms with E-state index in [1.165, 1.54) is 4.80 Å². The Morgan fingerprint density at radius 2 is 2.46 bits per heavy atom. The van der Waals surface area contributed by atoms with Crippen LogP contribution in [0.3, 0.4) is 0 Å². The molecule has 0 spiro atoms. The normalized spacial score (nSPS) is 10.5. The maximum Gasteiger partial charge on any atom is 0.260 e. The molecule has 7 heteroatoms. The van der Waals surface area contributed by atoms with E-state index in [-0.39, 0.29) is 5.95 Å². The molecule has 2 aromatic heterocycles. The molecule has 0 radical (unpaired) electrons. The Morgan fingerprint density at radius 3 is 3.00 bits per heavy atom. The van der Waals surface area contributed by atoms with Crippen molar-refractivity contribution in [3.8, 4) is 0 Å². The van der Waals surface area contributed by atoms with E-state index in [4.69, 9.17) is 10.3 Å². The Kier molecular flexibility index (Phi) is 1.69. The number of aromatic nitrogens is 5. The minimum atomic E-state index is 0.149. The molecule has 0 bridgehead atoms. The first-order chi connectivity index (χ1) is 6.24. The van der Waals surface area contributed by atoms with E-state index in [0.717, 1.165) is 5.69 Å². The van der Waals surface area contributed by atoms with Crippen LogP contribution in [0.25, 0.3) is 0 Å². The zero-order chi connectivity index (χ0) is 9.26. The number of tetrazole rings is 1. The molecular formula is C6H8N6O. The van der Waals surface area contributed by atoms with Gasteiger partial charge in [0.25, 0.3) is 5.95 Å². The van der Waals surface area contributed by atoms with Crippen LogP contribution in [0, 0.1) is 6.92 Å². The minimum Gasteiger partial charge on any atom is -0.365 e. The first-order valence-electron chi connectivity index (χ1n) is 3.69. The van der Waals surface area contributed by atoms with E-state index >= 15 is 0 Å². The first kappa shape index (κ1) is 7.71. The third kappa shape index (κ3) is 1.63.